The molecule has 1 amide bonds. The van der Waals surface area contributed by atoms with E-state index >= 15 is 0 Å². The second-order valence-corrected chi connectivity index (χ2v) is 2.83. The number of carbonyl (C=O) groups excluding carboxylic acids is 1. The van der Waals surface area contributed by atoms with Gasteiger partial charge >= 0.3 is 12.1 Å². The monoisotopic (exact) mass is 228 g/mol. The number of carboxylic acids is 1. The van der Waals surface area contributed by atoms with Crippen molar-refractivity contribution in [3.05, 3.63) is 0 Å². The van der Waals surface area contributed by atoms with Crippen molar-refractivity contribution in [3.8, 4) is 0 Å². The predicted molar refractivity (Wildman–Crippen MR) is 44.2 cm³/mol. The Bertz CT molecular complexity index is 242. The lowest BCUT2D eigenvalue weighted by Gasteiger charge is -2.10. The molecule has 15 heavy (non-hydrogen) atoms. The molecule has 88 valence electrons. The molecule has 0 rings (SSSR count). The van der Waals surface area contributed by atoms with Crippen molar-refractivity contribution in [1.29, 1.82) is 0 Å². The van der Waals surface area contributed by atoms with E-state index in [0.29, 0.717) is 0 Å². The average molecular weight is 228 g/mol. The third-order valence-electron chi connectivity index (χ3n) is 1.43. The Morgan fingerprint density at radius 1 is 1.40 bits per heavy atom. The van der Waals surface area contributed by atoms with Crippen molar-refractivity contribution < 1.29 is 27.9 Å². The van der Waals surface area contributed by atoms with E-state index in [-0.39, 0.29) is 0 Å². The van der Waals surface area contributed by atoms with Crippen molar-refractivity contribution in [2.45, 2.75) is 19.1 Å². The molecule has 0 saturated carbocycles. The van der Waals surface area contributed by atoms with E-state index in [1.54, 1.807) is 5.32 Å². The van der Waals surface area contributed by atoms with Gasteiger partial charge in [0.05, 0.1) is 6.54 Å². The largest absolute Gasteiger partial charge is 0.480 e. The van der Waals surface area contributed by atoms with Gasteiger partial charge in [0, 0.05) is 0 Å². The van der Waals surface area contributed by atoms with Gasteiger partial charge in [0.2, 0.25) is 5.91 Å². The number of hydrogen-bond acceptors (Lipinski definition) is 3. The van der Waals surface area contributed by atoms with E-state index in [1.165, 1.54) is 6.92 Å². The molecular weight excluding hydrogens is 217 g/mol. The number of carbonyl (C=O) groups is 2. The lowest BCUT2D eigenvalue weighted by Crippen LogP contribution is -2.43. The zero-order valence-electron chi connectivity index (χ0n) is 7.89. The number of halogens is 3. The summed E-state index contributed by atoms with van der Waals surface area (Å²) in [6.45, 7) is -0.613. The van der Waals surface area contributed by atoms with E-state index in [9.17, 15) is 22.8 Å². The van der Waals surface area contributed by atoms with Crippen LogP contribution in [0.25, 0.3) is 0 Å². The standard InChI is InChI=1S/C7H11F3N2O3/c1-4(6(14)15)11-2-5(13)12-3-7(8,9)10/h4,11H,2-3H2,1H3,(H,12,13)(H,14,15)/t4-/m1/s1. The van der Waals surface area contributed by atoms with Gasteiger partial charge in [0.25, 0.3) is 0 Å². The first-order chi connectivity index (χ1) is 6.72. The molecule has 0 bridgehead atoms. The van der Waals surface area contributed by atoms with E-state index < -0.39 is 37.2 Å². The van der Waals surface area contributed by atoms with Crippen LogP contribution in [0.5, 0.6) is 0 Å². The van der Waals surface area contributed by atoms with Gasteiger partial charge in [-0.3, -0.25) is 14.9 Å². The number of hydrogen-bond donors (Lipinski definition) is 3. The van der Waals surface area contributed by atoms with Gasteiger partial charge in [-0.15, -0.1) is 0 Å². The van der Waals surface area contributed by atoms with Crippen LogP contribution in [-0.2, 0) is 9.59 Å². The summed E-state index contributed by atoms with van der Waals surface area (Å²) in [7, 11) is 0. The van der Waals surface area contributed by atoms with E-state index in [2.05, 4.69) is 5.32 Å². The van der Waals surface area contributed by atoms with E-state index in [4.69, 9.17) is 5.11 Å². The fourth-order valence-electron chi connectivity index (χ4n) is 0.594. The minimum Gasteiger partial charge on any atom is -0.480 e. The van der Waals surface area contributed by atoms with Gasteiger partial charge in [-0.05, 0) is 6.92 Å². The van der Waals surface area contributed by atoms with Gasteiger partial charge in [-0.25, -0.2) is 0 Å². The number of alkyl halides is 3. The Kier molecular flexibility index (Phi) is 5.06. The van der Waals surface area contributed by atoms with Gasteiger partial charge < -0.3 is 10.4 Å². The SMILES string of the molecule is C[C@@H](NCC(=O)NCC(F)(F)F)C(=O)O. The van der Waals surface area contributed by atoms with Crippen molar-refractivity contribution in [2.75, 3.05) is 13.1 Å². The average Bonchev–Trinajstić information content (AvgIpc) is 2.09. The Hall–Kier alpha value is -1.31. The van der Waals surface area contributed by atoms with Gasteiger partial charge in [0.15, 0.2) is 0 Å². The summed E-state index contributed by atoms with van der Waals surface area (Å²) in [6, 6.07) is -0.985. The summed E-state index contributed by atoms with van der Waals surface area (Å²) in [5.41, 5.74) is 0. The van der Waals surface area contributed by atoms with Crippen molar-refractivity contribution in [3.63, 3.8) is 0 Å². The van der Waals surface area contributed by atoms with E-state index in [1.807, 2.05) is 0 Å². The first kappa shape index (κ1) is 13.7. The lowest BCUT2D eigenvalue weighted by molar-refractivity contribution is -0.140. The van der Waals surface area contributed by atoms with Gasteiger partial charge in [-0.2, -0.15) is 13.2 Å². The van der Waals surface area contributed by atoms with Crippen LogP contribution in [0.1, 0.15) is 6.92 Å². The second-order valence-electron chi connectivity index (χ2n) is 2.83. The van der Waals surface area contributed by atoms with Gasteiger partial charge in [0.1, 0.15) is 12.6 Å². The Balaban J connectivity index is 3.72. The number of amides is 1. The van der Waals surface area contributed by atoms with Crippen LogP contribution in [0.3, 0.4) is 0 Å². The molecule has 3 N–H and O–H groups in total. The van der Waals surface area contributed by atoms with Crippen LogP contribution in [0.2, 0.25) is 0 Å². The Morgan fingerprint density at radius 3 is 2.33 bits per heavy atom. The van der Waals surface area contributed by atoms with Crippen LogP contribution in [0, 0.1) is 0 Å². The third kappa shape index (κ3) is 7.74. The summed E-state index contributed by atoms with van der Waals surface area (Å²) in [5.74, 6) is -2.08. The zero-order chi connectivity index (χ0) is 12.1. The summed E-state index contributed by atoms with van der Waals surface area (Å²) in [6.07, 6.45) is -4.46. The first-order valence-corrected chi connectivity index (χ1v) is 4.02. The van der Waals surface area contributed by atoms with Crippen LogP contribution in [0.15, 0.2) is 0 Å². The maximum Gasteiger partial charge on any atom is 0.405 e. The molecular formula is C7H11F3N2O3. The molecule has 0 aliphatic rings. The smallest absolute Gasteiger partial charge is 0.405 e. The number of nitrogens with one attached hydrogen (secondary N) is 2. The fraction of sp³-hybridized carbons (Fsp3) is 0.714. The third-order valence-corrected chi connectivity index (χ3v) is 1.43. The highest BCUT2D eigenvalue weighted by Gasteiger charge is 2.27. The van der Waals surface area contributed by atoms with Crippen LogP contribution >= 0.6 is 0 Å². The highest BCUT2D eigenvalue weighted by Crippen LogP contribution is 2.11. The van der Waals surface area contributed by atoms with Crippen LogP contribution in [-0.4, -0.2) is 42.3 Å². The Labute approximate surface area is 83.6 Å². The van der Waals surface area contributed by atoms with Crippen molar-refractivity contribution >= 4 is 11.9 Å². The molecule has 0 aromatic heterocycles. The molecule has 8 heteroatoms. The molecule has 0 aromatic rings. The number of rotatable bonds is 5. The molecule has 0 unspecified atom stereocenters. The topological polar surface area (TPSA) is 78.4 Å². The molecule has 5 nitrogen and oxygen atoms in total. The summed E-state index contributed by atoms with van der Waals surface area (Å²) in [5, 5.41) is 12.2. The molecule has 0 aliphatic heterocycles. The quantitative estimate of drug-likeness (QED) is 0.605. The molecule has 0 aliphatic carbocycles. The number of aliphatic carboxylic acids is 1. The number of carboxylic acid groups (broad SMARTS) is 1. The zero-order valence-corrected chi connectivity index (χ0v) is 7.89. The minimum atomic E-state index is -4.46. The molecule has 0 spiro atoms. The Morgan fingerprint density at radius 2 is 1.93 bits per heavy atom. The van der Waals surface area contributed by atoms with Gasteiger partial charge in [-0.1, -0.05) is 0 Å². The second kappa shape index (κ2) is 5.54. The molecule has 0 heterocycles. The highest BCUT2D eigenvalue weighted by molar-refractivity contribution is 5.79. The van der Waals surface area contributed by atoms with Crippen molar-refractivity contribution in [1.82, 2.24) is 10.6 Å². The van der Waals surface area contributed by atoms with E-state index in [0.717, 1.165) is 0 Å². The van der Waals surface area contributed by atoms with Crippen LogP contribution in [0.4, 0.5) is 13.2 Å². The highest BCUT2D eigenvalue weighted by atomic mass is 19.4. The first-order valence-electron chi connectivity index (χ1n) is 4.02. The molecule has 0 fully saturated rings. The maximum absolute atomic E-state index is 11.6. The lowest BCUT2D eigenvalue weighted by atomic mass is 10.3. The van der Waals surface area contributed by atoms with Crippen molar-refractivity contribution in [2.24, 2.45) is 0 Å². The molecule has 0 aromatic carbocycles. The fourth-order valence-corrected chi connectivity index (χ4v) is 0.594. The maximum atomic E-state index is 11.6. The molecule has 0 saturated heterocycles. The molecule has 1 atom stereocenters. The molecule has 0 radical (unpaired) electrons. The summed E-state index contributed by atoms with van der Waals surface area (Å²) >= 11 is 0. The predicted octanol–water partition coefficient (Wildman–Crippen LogP) is -0.272. The normalized spacial score (nSPS) is 13.3. The van der Waals surface area contributed by atoms with Crippen LogP contribution < -0.4 is 10.6 Å². The summed E-state index contributed by atoms with van der Waals surface area (Å²) in [4.78, 5) is 21.0. The minimum absolute atomic E-state index is 0.469. The summed E-state index contributed by atoms with van der Waals surface area (Å²) < 4.78 is 34.8.